The smallest absolute Gasteiger partial charge is 0.267 e. The highest BCUT2D eigenvalue weighted by atomic mass is 79.9. The fraction of sp³-hybridized carbons (Fsp3) is 0.143. The minimum atomic E-state index is -0.345. The number of fused-ring (bicyclic) bond motifs is 1. The van der Waals surface area contributed by atoms with Crippen LogP contribution in [0.2, 0.25) is 0 Å². The second-order valence-corrected chi connectivity index (χ2v) is 5.40. The van der Waals surface area contributed by atoms with Crippen molar-refractivity contribution in [1.82, 2.24) is 9.97 Å². The molecule has 0 radical (unpaired) electrons. The van der Waals surface area contributed by atoms with Crippen molar-refractivity contribution in [3.05, 3.63) is 51.4 Å². The molecule has 0 N–H and O–H groups in total. The van der Waals surface area contributed by atoms with Crippen molar-refractivity contribution < 1.29 is 9.59 Å². The normalized spacial score (nSPS) is 13.8. The van der Waals surface area contributed by atoms with Gasteiger partial charge in [-0.2, -0.15) is 0 Å². The van der Waals surface area contributed by atoms with E-state index in [0.717, 1.165) is 16.0 Å². The molecule has 0 saturated heterocycles. The van der Waals surface area contributed by atoms with Crippen LogP contribution in [-0.4, -0.2) is 21.8 Å². The van der Waals surface area contributed by atoms with Gasteiger partial charge in [0.15, 0.2) is 5.82 Å². The van der Waals surface area contributed by atoms with Crippen LogP contribution in [0, 0.1) is 13.8 Å². The number of rotatable bonds is 1. The Balaban J connectivity index is 2.17. The molecular weight excluding hydrogens is 322 g/mol. The van der Waals surface area contributed by atoms with Crippen molar-refractivity contribution in [2.45, 2.75) is 13.8 Å². The Labute approximate surface area is 123 Å². The molecule has 0 bridgehead atoms. The number of amides is 2. The number of benzene rings is 1. The van der Waals surface area contributed by atoms with Gasteiger partial charge in [-0.3, -0.25) is 9.59 Å². The molecule has 1 aromatic carbocycles. The van der Waals surface area contributed by atoms with Crippen LogP contribution in [0.15, 0.2) is 29.1 Å². The van der Waals surface area contributed by atoms with Gasteiger partial charge in [-0.1, -0.05) is 12.1 Å². The van der Waals surface area contributed by atoms with Crippen LogP contribution in [0.25, 0.3) is 0 Å². The number of anilines is 1. The molecule has 0 aliphatic carbocycles. The van der Waals surface area contributed by atoms with Gasteiger partial charge in [-0.05, 0) is 40.9 Å². The molecule has 1 aliphatic heterocycles. The molecule has 1 aliphatic rings. The number of aryl methyl sites for hydroxylation is 2. The number of hydrogen-bond donors (Lipinski definition) is 0. The summed E-state index contributed by atoms with van der Waals surface area (Å²) in [5.41, 5.74) is 2.49. The summed E-state index contributed by atoms with van der Waals surface area (Å²) in [4.78, 5) is 34.1. The van der Waals surface area contributed by atoms with Gasteiger partial charge >= 0.3 is 0 Å². The molecule has 20 heavy (non-hydrogen) atoms. The highest BCUT2D eigenvalue weighted by molar-refractivity contribution is 9.10. The van der Waals surface area contributed by atoms with Crippen molar-refractivity contribution in [3.8, 4) is 0 Å². The van der Waals surface area contributed by atoms with Gasteiger partial charge in [-0.25, -0.2) is 14.9 Å². The average molecular weight is 332 g/mol. The first-order chi connectivity index (χ1) is 9.50. The Hall–Kier alpha value is -2.08. The van der Waals surface area contributed by atoms with Gasteiger partial charge in [0.25, 0.3) is 11.8 Å². The molecule has 0 atom stereocenters. The number of aromatic nitrogens is 2. The summed E-state index contributed by atoms with van der Waals surface area (Å²) in [7, 11) is 0. The molecule has 6 heteroatoms. The van der Waals surface area contributed by atoms with Gasteiger partial charge in [0, 0.05) is 0 Å². The van der Waals surface area contributed by atoms with Crippen molar-refractivity contribution in [2.24, 2.45) is 0 Å². The Bertz CT molecular complexity index is 700. The SMILES string of the molecule is Cc1ccc(C)c2c1C(=O)N(c1cnc(Br)cn1)C2=O. The van der Waals surface area contributed by atoms with Crippen LogP contribution in [0.4, 0.5) is 5.82 Å². The van der Waals surface area contributed by atoms with E-state index < -0.39 is 0 Å². The second kappa shape index (κ2) is 4.49. The summed E-state index contributed by atoms with van der Waals surface area (Å²) in [5.74, 6) is -0.455. The maximum absolute atomic E-state index is 12.5. The van der Waals surface area contributed by atoms with E-state index >= 15 is 0 Å². The van der Waals surface area contributed by atoms with E-state index in [1.165, 1.54) is 12.4 Å². The Morgan fingerprint density at radius 2 is 1.50 bits per heavy atom. The molecule has 100 valence electrons. The van der Waals surface area contributed by atoms with Crippen LogP contribution < -0.4 is 4.90 Å². The zero-order valence-corrected chi connectivity index (χ0v) is 12.4. The molecular formula is C14H10BrN3O2. The first kappa shape index (κ1) is 12.9. The van der Waals surface area contributed by atoms with Crippen LogP contribution in [0.5, 0.6) is 0 Å². The molecule has 0 fully saturated rings. The van der Waals surface area contributed by atoms with E-state index in [0.29, 0.717) is 15.7 Å². The van der Waals surface area contributed by atoms with Gasteiger partial charge < -0.3 is 0 Å². The third-order valence-corrected chi connectivity index (χ3v) is 3.70. The maximum atomic E-state index is 12.5. The fourth-order valence-electron chi connectivity index (χ4n) is 2.31. The summed E-state index contributed by atoms with van der Waals surface area (Å²) >= 11 is 3.17. The van der Waals surface area contributed by atoms with E-state index in [-0.39, 0.29) is 17.6 Å². The lowest BCUT2D eigenvalue weighted by Gasteiger charge is -2.11. The molecule has 2 heterocycles. The standard InChI is InChI=1S/C14H10BrN3O2/c1-7-3-4-8(2)12-11(7)13(19)18(14(12)20)10-6-16-9(15)5-17-10/h3-6H,1-2H3. The van der Waals surface area contributed by atoms with Crippen molar-refractivity contribution in [1.29, 1.82) is 0 Å². The monoisotopic (exact) mass is 331 g/mol. The van der Waals surface area contributed by atoms with Crippen molar-refractivity contribution in [2.75, 3.05) is 4.90 Å². The Kier molecular flexibility index (Phi) is 2.90. The predicted molar refractivity (Wildman–Crippen MR) is 76.8 cm³/mol. The lowest BCUT2D eigenvalue weighted by molar-refractivity contribution is 0.0924. The highest BCUT2D eigenvalue weighted by Gasteiger charge is 2.39. The van der Waals surface area contributed by atoms with Gasteiger partial charge in [-0.15, -0.1) is 0 Å². The topological polar surface area (TPSA) is 63.2 Å². The third-order valence-electron chi connectivity index (χ3n) is 3.29. The molecule has 1 aromatic heterocycles. The molecule has 0 saturated carbocycles. The first-order valence-electron chi connectivity index (χ1n) is 5.97. The van der Waals surface area contributed by atoms with Crippen LogP contribution >= 0.6 is 15.9 Å². The zero-order chi connectivity index (χ0) is 14.4. The van der Waals surface area contributed by atoms with E-state index in [2.05, 4.69) is 25.9 Å². The predicted octanol–water partition coefficient (Wildman–Crippen LogP) is 2.66. The summed E-state index contributed by atoms with van der Waals surface area (Å²) in [5, 5.41) is 0. The molecule has 0 spiro atoms. The van der Waals surface area contributed by atoms with Crippen molar-refractivity contribution >= 4 is 33.6 Å². The lowest BCUT2D eigenvalue weighted by atomic mass is 9.99. The number of nitrogens with zero attached hydrogens (tertiary/aromatic N) is 3. The molecule has 3 rings (SSSR count). The highest BCUT2D eigenvalue weighted by Crippen LogP contribution is 2.31. The number of carbonyl (C=O) groups excluding carboxylic acids is 2. The van der Waals surface area contributed by atoms with Crippen molar-refractivity contribution in [3.63, 3.8) is 0 Å². The number of carbonyl (C=O) groups is 2. The Morgan fingerprint density at radius 1 is 0.950 bits per heavy atom. The minimum Gasteiger partial charge on any atom is -0.268 e. The minimum absolute atomic E-state index is 0.234. The lowest BCUT2D eigenvalue weighted by Crippen LogP contribution is -2.30. The molecule has 2 aromatic rings. The largest absolute Gasteiger partial charge is 0.268 e. The van der Waals surface area contributed by atoms with Crippen LogP contribution in [-0.2, 0) is 0 Å². The quantitative estimate of drug-likeness (QED) is 0.753. The first-order valence-corrected chi connectivity index (χ1v) is 6.76. The second-order valence-electron chi connectivity index (χ2n) is 4.59. The maximum Gasteiger partial charge on any atom is 0.267 e. The third kappa shape index (κ3) is 1.76. The summed E-state index contributed by atoms with van der Waals surface area (Å²) in [6, 6.07) is 3.69. The van der Waals surface area contributed by atoms with Gasteiger partial charge in [0.05, 0.1) is 23.5 Å². The van der Waals surface area contributed by atoms with E-state index in [1.807, 2.05) is 26.0 Å². The summed E-state index contributed by atoms with van der Waals surface area (Å²) in [6.45, 7) is 3.64. The van der Waals surface area contributed by atoms with Crippen LogP contribution in [0.3, 0.4) is 0 Å². The number of hydrogen-bond acceptors (Lipinski definition) is 4. The zero-order valence-electron chi connectivity index (χ0n) is 10.8. The fourth-order valence-corrected chi connectivity index (χ4v) is 2.51. The van der Waals surface area contributed by atoms with Crippen LogP contribution in [0.1, 0.15) is 31.8 Å². The van der Waals surface area contributed by atoms with Gasteiger partial charge in [0.1, 0.15) is 4.60 Å². The molecule has 0 unspecified atom stereocenters. The van der Waals surface area contributed by atoms with Gasteiger partial charge in [0.2, 0.25) is 0 Å². The summed E-state index contributed by atoms with van der Waals surface area (Å²) < 4.78 is 0.547. The average Bonchev–Trinajstić information content (AvgIpc) is 2.69. The summed E-state index contributed by atoms with van der Waals surface area (Å²) in [6.07, 6.45) is 2.86. The molecule has 2 amide bonds. The van der Waals surface area contributed by atoms with E-state index in [4.69, 9.17) is 0 Å². The number of halogens is 1. The van der Waals surface area contributed by atoms with E-state index in [1.54, 1.807) is 0 Å². The number of imide groups is 1. The Morgan fingerprint density at radius 3 is 1.95 bits per heavy atom. The molecule has 5 nitrogen and oxygen atoms in total. The van der Waals surface area contributed by atoms with E-state index in [9.17, 15) is 9.59 Å².